The van der Waals surface area contributed by atoms with Crippen molar-refractivity contribution >= 4 is 29.1 Å². The third-order valence-corrected chi connectivity index (χ3v) is 2.91. The molecule has 1 N–H and O–H groups in total. The second-order valence-corrected chi connectivity index (χ2v) is 4.79. The second kappa shape index (κ2) is 6.12. The molecule has 1 atom stereocenters. The van der Waals surface area contributed by atoms with Gasteiger partial charge in [0, 0.05) is 17.1 Å². The van der Waals surface area contributed by atoms with Crippen LogP contribution in [0, 0.1) is 6.92 Å². The molecule has 1 rings (SSSR count). The molecule has 0 aromatic heterocycles. The number of amides is 1. The van der Waals surface area contributed by atoms with Crippen LogP contribution in [0.5, 0.6) is 0 Å². The minimum Gasteiger partial charge on any atom is -0.351 e. The van der Waals surface area contributed by atoms with E-state index in [9.17, 15) is 4.79 Å². The van der Waals surface area contributed by atoms with E-state index in [-0.39, 0.29) is 11.3 Å². The maximum Gasteiger partial charge on any atom is 0.251 e. The minimum absolute atomic E-state index is 0.0239. The Bertz CT molecular complexity index is 359. The molecule has 0 aliphatic rings. The van der Waals surface area contributed by atoms with Crippen molar-refractivity contribution in [1.82, 2.24) is 5.32 Å². The first-order valence-electron chi connectivity index (χ1n) is 5.22. The Morgan fingerprint density at radius 1 is 1.44 bits per heavy atom. The van der Waals surface area contributed by atoms with E-state index >= 15 is 0 Å². The van der Waals surface area contributed by atoms with Crippen molar-refractivity contribution in [3.63, 3.8) is 0 Å². The Hall–Kier alpha value is -0.730. The van der Waals surface area contributed by atoms with Crippen LogP contribution in [0.25, 0.3) is 0 Å². The van der Waals surface area contributed by atoms with Crippen molar-refractivity contribution in [2.24, 2.45) is 0 Å². The molecule has 0 spiro atoms. The predicted molar refractivity (Wildman–Crippen MR) is 68.5 cm³/mol. The average molecular weight is 260 g/mol. The van der Waals surface area contributed by atoms with Crippen molar-refractivity contribution in [2.45, 2.75) is 25.6 Å². The third kappa shape index (κ3) is 4.03. The molecule has 4 heteroatoms. The molecule has 0 heterocycles. The molecule has 1 aromatic rings. The van der Waals surface area contributed by atoms with E-state index in [2.05, 4.69) is 5.32 Å². The Kier molecular flexibility index (Phi) is 5.10. The number of aryl methyl sites for hydroxylation is 1. The van der Waals surface area contributed by atoms with Crippen LogP contribution < -0.4 is 5.32 Å². The van der Waals surface area contributed by atoms with Crippen LogP contribution in [0.3, 0.4) is 0 Å². The quantitative estimate of drug-likeness (QED) is 0.826. The highest BCUT2D eigenvalue weighted by Crippen LogP contribution is 2.14. The zero-order valence-electron chi connectivity index (χ0n) is 9.39. The number of alkyl halides is 1. The van der Waals surface area contributed by atoms with Gasteiger partial charge in [-0.1, -0.05) is 18.5 Å². The van der Waals surface area contributed by atoms with Gasteiger partial charge in [-0.3, -0.25) is 4.79 Å². The molecule has 1 amide bonds. The molecule has 2 nitrogen and oxygen atoms in total. The van der Waals surface area contributed by atoms with Gasteiger partial charge in [0.05, 0.1) is 5.38 Å². The zero-order chi connectivity index (χ0) is 12.1. The van der Waals surface area contributed by atoms with Gasteiger partial charge in [-0.2, -0.15) is 0 Å². The molecule has 0 aliphatic heterocycles. The summed E-state index contributed by atoms with van der Waals surface area (Å²) >= 11 is 11.8. The standard InChI is InChI=1S/C12H15Cl2NO/c1-3-10(13)7-15-12(16)9-4-8(2)5-11(14)6-9/h4-6,10H,3,7H2,1-2H3,(H,15,16). The number of rotatable bonds is 4. The van der Waals surface area contributed by atoms with E-state index in [4.69, 9.17) is 23.2 Å². The van der Waals surface area contributed by atoms with Gasteiger partial charge in [0.25, 0.3) is 5.91 Å². The van der Waals surface area contributed by atoms with E-state index in [1.54, 1.807) is 12.1 Å². The number of carbonyl (C=O) groups excluding carboxylic acids is 1. The van der Waals surface area contributed by atoms with E-state index < -0.39 is 0 Å². The molecule has 1 unspecified atom stereocenters. The summed E-state index contributed by atoms with van der Waals surface area (Å²) in [5.41, 5.74) is 1.54. The predicted octanol–water partition coefficient (Wildman–Crippen LogP) is 3.40. The summed E-state index contributed by atoms with van der Waals surface area (Å²) in [5, 5.41) is 3.32. The van der Waals surface area contributed by atoms with E-state index in [1.807, 2.05) is 19.9 Å². The van der Waals surface area contributed by atoms with Crippen molar-refractivity contribution in [3.8, 4) is 0 Å². The second-order valence-electron chi connectivity index (χ2n) is 3.73. The van der Waals surface area contributed by atoms with Crippen LogP contribution >= 0.6 is 23.2 Å². The molecular formula is C12H15Cl2NO. The number of hydrogen-bond acceptors (Lipinski definition) is 1. The van der Waals surface area contributed by atoms with Gasteiger partial charge in [0.2, 0.25) is 0 Å². The van der Waals surface area contributed by atoms with Crippen LogP contribution in [0.15, 0.2) is 18.2 Å². The van der Waals surface area contributed by atoms with Crippen molar-refractivity contribution in [3.05, 3.63) is 34.3 Å². The number of carbonyl (C=O) groups is 1. The van der Waals surface area contributed by atoms with Gasteiger partial charge < -0.3 is 5.32 Å². The fourth-order valence-electron chi connectivity index (χ4n) is 1.32. The summed E-state index contributed by atoms with van der Waals surface area (Å²) < 4.78 is 0. The molecule has 16 heavy (non-hydrogen) atoms. The van der Waals surface area contributed by atoms with E-state index in [1.165, 1.54) is 0 Å². The summed E-state index contributed by atoms with van der Waals surface area (Å²) in [5.74, 6) is -0.135. The van der Waals surface area contributed by atoms with Gasteiger partial charge in [-0.05, 0) is 37.1 Å². The molecule has 0 aliphatic carbocycles. The number of nitrogens with one attached hydrogen (secondary N) is 1. The molecule has 0 saturated carbocycles. The highest BCUT2D eigenvalue weighted by atomic mass is 35.5. The van der Waals surface area contributed by atoms with Crippen LogP contribution in [0.1, 0.15) is 29.3 Å². The van der Waals surface area contributed by atoms with Crippen molar-refractivity contribution in [2.75, 3.05) is 6.54 Å². The maximum atomic E-state index is 11.7. The SMILES string of the molecule is CCC(Cl)CNC(=O)c1cc(C)cc(Cl)c1. The highest BCUT2D eigenvalue weighted by Gasteiger charge is 2.08. The van der Waals surface area contributed by atoms with Gasteiger partial charge in [-0.15, -0.1) is 11.6 Å². The summed E-state index contributed by atoms with van der Waals surface area (Å²) in [6.45, 7) is 4.36. The topological polar surface area (TPSA) is 29.1 Å². The molecular weight excluding hydrogens is 245 g/mol. The fraction of sp³-hybridized carbons (Fsp3) is 0.417. The largest absolute Gasteiger partial charge is 0.351 e. The number of benzene rings is 1. The summed E-state index contributed by atoms with van der Waals surface area (Å²) in [4.78, 5) is 11.7. The lowest BCUT2D eigenvalue weighted by atomic mass is 10.1. The lowest BCUT2D eigenvalue weighted by Crippen LogP contribution is -2.29. The lowest BCUT2D eigenvalue weighted by Gasteiger charge is -2.09. The van der Waals surface area contributed by atoms with Crippen LogP contribution in [0.4, 0.5) is 0 Å². The minimum atomic E-state index is -0.135. The first-order chi connectivity index (χ1) is 7.52. The lowest BCUT2D eigenvalue weighted by molar-refractivity contribution is 0.0953. The number of hydrogen-bond donors (Lipinski definition) is 1. The van der Waals surface area contributed by atoms with E-state index in [0.29, 0.717) is 17.1 Å². The molecule has 1 aromatic carbocycles. The Morgan fingerprint density at radius 3 is 2.69 bits per heavy atom. The smallest absolute Gasteiger partial charge is 0.251 e. The number of halogens is 2. The van der Waals surface area contributed by atoms with Crippen LogP contribution in [0.2, 0.25) is 5.02 Å². The summed E-state index contributed by atoms with van der Waals surface area (Å²) in [6.07, 6.45) is 0.830. The molecule has 0 saturated heterocycles. The molecule has 88 valence electrons. The van der Waals surface area contributed by atoms with Gasteiger partial charge in [0.15, 0.2) is 0 Å². The van der Waals surface area contributed by atoms with Crippen LogP contribution in [-0.2, 0) is 0 Å². The maximum absolute atomic E-state index is 11.7. The highest BCUT2D eigenvalue weighted by molar-refractivity contribution is 6.31. The molecule has 0 bridgehead atoms. The Labute approximate surface area is 106 Å². The first kappa shape index (κ1) is 13.3. The van der Waals surface area contributed by atoms with Gasteiger partial charge in [0.1, 0.15) is 0 Å². The molecule has 0 radical (unpaired) electrons. The fourth-order valence-corrected chi connectivity index (χ4v) is 1.68. The first-order valence-corrected chi connectivity index (χ1v) is 6.03. The van der Waals surface area contributed by atoms with Gasteiger partial charge >= 0.3 is 0 Å². The Balaban J connectivity index is 2.66. The normalized spacial score (nSPS) is 12.2. The average Bonchev–Trinajstić information content (AvgIpc) is 2.23. The zero-order valence-corrected chi connectivity index (χ0v) is 10.9. The van der Waals surface area contributed by atoms with Gasteiger partial charge in [-0.25, -0.2) is 0 Å². The molecule has 0 fully saturated rings. The summed E-state index contributed by atoms with van der Waals surface area (Å²) in [6, 6.07) is 5.27. The monoisotopic (exact) mass is 259 g/mol. The Morgan fingerprint density at radius 2 is 2.12 bits per heavy atom. The van der Waals surface area contributed by atoms with Crippen molar-refractivity contribution in [1.29, 1.82) is 0 Å². The van der Waals surface area contributed by atoms with E-state index in [0.717, 1.165) is 12.0 Å². The summed E-state index contributed by atoms with van der Waals surface area (Å²) in [7, 11) is 0. The van der Waals surface area contributed by atoms with Crippen LogP contribution in [-0.4, -0.2) is 17.8 Å². The third-order valence-electron chi connectivity index (χ3n) is 2.23. The van der Waals surface area contributed by atoms with Crippen molar-refractivity contribution < 1.29 is 4.79 Å².